The number of hydrogen-bond donors (Lipinski definition) is 0. The van der Waals surface area contributed by atoms with Crippen molar-refractivity contribution in [1.82, 2.24) is 0 Å². The van der Waals surface area contributed by atoms with Crippen LogP contribution in [0.5, 0.6) is 11.5 Å². The van der Waals surface area contributed by atoms with E-state index in [9.17, 15) is 23.7 Å². The molecule has 0 aromatic heterocycles. The molecule has 0 fully saturated rings. The molecule has 0 atom stereocenters. The van der Waals surface area contributed by atoms with E-state index in [2.05, 4.69) is 4.74 Å². The molecule has 0 spiro atoms. The molecule has 0 unspecified atom stereocenters. The molecule has 26 heavy (non-hydrogen) atoms. The van der Waals surface area contributed by atoms with Gasteiger partial charge in [-0.1, -0.05) is 6.07 Å². The zero-order valence-corrected chi connectivity index (χ0v) is 13.9. The highest BCUT2D eigenvalue weighted by molar-refractivity contribution is 5.90. The molecule has 0 bridgehead atoms. The number of rotatable bonds is 7. The minimum absolute atomic E-state index is 0.0741. The number of nitro groups is 1. The summed E-state index contributed by atoms with van der Waals surface area (Å²) in [5, 5.41) is 10.8. The fourth-order valence-corrected chi connectivity index (χ4v) is 2.21. The van der Waals surface area contributed by atoms with Gasteiger partial charge in [0, 0.05) is 11.6 Å². The lowest BCUT2D eigenvalue weighted by atomic mass is 10.1. The van der Waals surface area contributed by atoms with Gasteiger partial charge in [-0.25, -0.2) is 4.79 Å². The predicted molar refractivity (Wildman–Crippen MR) is 86.6 cm³/mol. The molecule has 9 heteroatoms. The number of benzene rings is 2. The number of carbonyl (C=O) groups excluding carboxylic acids is 1. The Balaban J connectivity index is 2.07. The van der Waals surface area contributed by atoms with E-state index in [-0.39, 0.29) is 29.4 Å². The van der Waals surface area contributed by atoms with Crippen molar-refractivity contribution in [2.24, 2.45) is 0 Å². The minimum atomic E-state index is -2.99. The molecule has 138 valence electrons. The number of aryl methyl sites for hydroxylation is 1. The zero-order valence-electron chi connectivity index (χ0n) is 13.9. The van der Waals surface area contributed by atoms with E-state index < -0.39 is 17.5 Å². The van der Waals surface area contributed by atoms with Crippen LogP contribution in [0.25, 0.3) is 0 Å². The smallest absolute Gasteiger partial charge is 0.387 e. The van der Waals surface area contributed by atoms with Crippen LogP contribution in [0.4, 0.5) is 14.5 Å². The predicted octanol–water partition coefficient (Wildman–Crippen LogP) is 3.87. The molecular formula is C17H15F2NO6. The summed E-state index contributed by atoms with van der Waals surface area (Å²) in [7, 11) is 1.29. The largest absolute Gasteiger partial charge is 0.493 e. The van der Waals surface area contributed by atoms with Gasteiger partial charge < -0.3 is 14.2 Å². The van der Waals surface area contributed by atoms with Crippen molar-refractivity contribution in [3.8, 4) is 11.5 Å². The Labute approximate surface area is 147 Å². The number of methoxy groups -OCH3 is 1. The van der Waals surface area contributed by atoms with Gasteiger partial charge >= 0.3 is 12.6 Å². The molecule has 0 saturated carbocycles. The maximum Gasteiger partial charge on any atom is 0.387 e. The number of halogens is 2. The third-order valence-electron chi connectivity index (χ3n) is 3.44. The van der Waals surface area contributed by atoms with Crippen LogP contribution in [0.2, 0.25) is 0 Å². The maximum atomic E-state index is 12.3. The summed E-state index contributed by atoms with van der Waals surface area (Å²) in [5.74, 6) is -0.733. The zero-order chi connectivity index (χ0) is 19.3. The van der Waals surface area contributed by atoms with Crippen LogP contribution in [0.3, 0.4) is 0 Å². The second kappa shape index (κ2) is 8.24. The van der Waals surface area contributed by atoms with Crippen molar-refractivity contribution in [3.63, 3.8) is 0 Å². The highest BCUT2D eigenvalue weighted by Crippen LogP contribution is 2.29. The van der Waals surface area contributed by atoms with Crippen molar-refractivity contribution >= 4 is 11.7 Å². The van der Waals surface area contributed by atoms with Crippen molar-refractivity contribution in [3.05, 3.63) is 63.2 Å². The van der Waals surface area contributed by atoms with Crippen molar-refractivity contribution in [2.75, 3.05) is 7.11 Å². The second-order valence-electron chi connectivity index (χ2n) is 5.20. The van der Waals surface area contributed by atoms with Crippen LogP contribution in [0, 0.1) is 17.0 Å². The summed E-state index contributed by atoms with van der Waals surface area (Å²) < 4.78 is 39.0. The van der Waals surface area contributed by atoms with Crippen molar-refractivity contribution in [1.29, 1.82) is 0 Å². The van der Waals surface area contributed by atoms with Gasteiger partial charge in [-0.3, -0.25) is 10.1 Å². The molecule has 0 saturated heterocycles. The Hall–Kier alpha value is -3.23. The first-order valence-corrected chi connectivity index (χ1v) is 7.35. The van der Waals surface area contributed by atoms with E-state index in [1.807, 2.05) is 0 Å². The van der Waals surface area contributed by atoms with Crippen molar-refractivity contribution < 1.29 is 32.7 Å². The number of esters is 1. The summed E-state index contributed by atoms with van der Waals surface area (Å²) in [4.78, 5) is 22.3. The molecule has 2 rings (SSSR count). The van der Waals surface area contributed by atoms with Crippen LogP contribution in [-0.4, -0.2) is 24.6 Å². The molecule has 0 aliphatic carbocycles. The lowest BCUT2D eigenvalue weighted by Gasteiger charge is -2.12. The van der Waals surface area contributed by atoms with Gasteiger partial charge in [-0.05, 0) is 36.8 Å². The Morgan fingerprint density at radius 2 is 1.92 bits per heavy atom. The average Bonchev–Trinajstić information content (AvgIpc) is 2.59. The summed E-state index contributed by atoms with van der Waals surface area (Å²) in [5.41, 5.74) is 0.897. The summed E-state index contributed by atoms with van der Waals surface area (Å²) in [6.07, 6.45) is 0. The number of ether oxygens (including phenoxy) is 3. The van der Waals surface area contributed by atoms with Crippen LogP contribution in [0.15, 0.2) is 36.4 Å². The van der Waals surface area contributed by atoms with E-state index in [1.165, 1.54) is 50.4 Å². The summed E-state index contributed by atoms with van der Waals surface area (Å²) >= 11 is 0. The van der Waals surface area contributed by atoms with E-state index in [4.69, 9.17) is 9.47 Å². The number of hydrogen-bond acceptors (Lipinski definition) is 6. The third-order valence-corrected chi connectivity index (χ3v) is 3.44. The van der Waals surface area contributed by atoms with Crippen LogP contribution in [-0.2, 0) is 11.3 Å². The molecular weight excluding hydrogens is 352 g/mol. The number of nitro benzene ring substituents is 1. The molecule has 0 radical (unpaired) electrons. The highest BCUT2D eigenvalue weighted by Gasteiger charge is 2.16. The average molecular weight is 367 g/mol. The van der Waals surface area contributed by atoms with E-state index in [0.717, 1.165) is 0 Å². The van der Waals surface area contributed by atoms with Gasteiger partial charge in [-0.15, -0.1) is 0 Å². The molecule has 0 aliphatic heterocycles. The van der Waals surface area contributed by atoms with Crippen LogP contribution >= 0.6 is 0 Å². The van der Waals surface area contributed by atoms with Gasteiger partial charge in [0.25, 0.3) is 5.69 Å². The number of nitrogens with zero attached hydrogens (tertiary/aromatic N) is 1. The lowest BCUT2D eigenvalue weighted by molar-refractivity contribution is -0.385. The summed E-state index contributed by atoms with van der Waals surface area (Å²) in [6.45, 7) is -1.61. The second-order valence-corrected chi connectivity index (χ2v) is 5.20. The van der Waals surface area contributed by atoms with Gasteiger partial charge in [0.15, 0.2) is 11.5 Å². The van der Waals surface area contributed by atoms with Crippen LogP contribution in [0.1, 0.15) is 21.5 Å². The van der Waals surface area contributed by atoms with E-state index in [0.29, 0.717) is 11.1 Å². The third kappa shape index (κ3) is 4.65. The van der Waals surface area contributed by atoms with Gasteiger partial charge in [0.2, 0.25) is 0 Å². The summed E-state index contributed by atoms with van der Waals surface area (Å²) in [6, 6.07) is 8.03. The minimum Gasteiger partial charge on any atom is -0.493 e. The first-order chi connectivity index (χ1) is 12.3. The molecule has 2 aromatic carbocycles. The van der Waals surface area contributed by atoms with Gasteiger partial charge in [0.05, 0.1) is 17.6 Å². The van der Waals surface area contributed by atoms with Gasteiger partial charge in [-0.2, -0.15) is 8.78 Å². The normalized spacial score (nSPS) is 10.5. The molecule has 7 nitrogen and oxygen atoms in total. The lowest BCUT2D eigenvalue weighted by Crippen LogP contribution is -2.07. The molecule has 2 aromatic rings. The standard InChI is InChI=1S/C17H15F2NO6/c1-10-7-12(4-5-13(10)20(22)23)16(21)25-9-11-3-6-14(26-17(18)19)15(8-11)24-2/h3-8,17H,9H2,1-2H3. The monoisotopic (exact) mass is 367 g/mol. The van der Waals surface area contributed by atoms with Gasteiger partial charge in [0.1, 0.15) is 6.61 Å². The quantitative estimate of drug-likeness (QED) is 0.419. The molecule has 0 heterocycles. The maximum absolute atomic E-state index is 12.3. The first kappa shape index (κ1) is 19.1. The van der Waals surface area contributed by atoms with Crippen LogP contribution < -0.4 is 9.47 Å². The Kier molecular flexibility index (Phi) is 6.05. The highest BCUT2D eigenvalue weighted by atomic mass is 19.3. The SMILES string of the molecule is COc1cc(COC(=O)c2ccc([N+](=O)[O-])c(C)c2)ccc1OC(F)F. The molecule has 0 amide bonds. The topological polar surface area (TPSA) is 87.9 Å². The Morgan fingerprint density at radius 1 is 1.19 bits per heavy atom. The molecule has 0 N–H and O–H groups in total. The fraction of sp³-hybridized carbons (Fsp3) is 0.235. The van der Waals surface area contributed by atoms with E-state index in [1.54, 1.807) is 0 Å². The number of alkyl halides is 2. The number of carbonyl (C=O) groups is 1. The molecule has 0 aliphatic rings. The fourth-order valence-electron chi connectivity index (χ4n) is 2.21. The van der Waals surface area contributed by atoms with Crippen molar-refractivity contribution in [2.45, 2.75) is 20.1 Å². The first-order valence-electron chi connectivity index (χ1n) is 7.35. The Bertz CT molecular complexity index is 825. The Morgan fingerprint density at radius 3 is 2.50 bits per heavy atom. The van der Waals surface area contributed by atoms with E-state index >= 15 is 0 Å².